The van der Waals surface area contributed by atoms with E-state index in [-0.39, 0.29) is 12.1 Å². The van der Waals surface area contributed by atoms with Gasteiger partial charge in [-0.15, -0.1) is 0 Å². The summed E-state index contributed by atoms with van der Waals surface area (Å²) in [5.74, 6) is 0.764. The van der Waals surface area contributed by atoms with E-state index in [1.165, 1.54) is 12.3 Å². The van der Waals surface area contributed by atoms with Crippen LogP contribution in [0.15, 0.2) is 65.8 Å². The zero-order chi connectivity index (χ0) is 24.5. The fraction of sp³-hybridized carbons (Fsp3) is 0.200. The zero-order valence-corrected chi connectivity index (χ0v) is 20.9. The Balaban J connectivity index is 1.68. The maximum absolute atomic E-state index is 12.2. The van der Waals surface area contributed by atoms with E-state index in [0.717, 1.165) is 14.7 Å². The highest BCUT2D eigenvalue weighted by Gasteiger charge is 2.15. The summed E-state index contributed by atoms with van der Waals surface area (Å²) < 4.78 is 12.7. The van der Waals surface area contributed by atoms with E-state index >= 15 is 0 Å². The van der Waals surface area contributed by atoms with Gasteiger partial charge in [0.2, 0.25) is 5.91 Å². The molecule has 0 aromatic heterocycles. The number of rotatable bonds is 10. The molecule has 0 aliphatic heterocycles. The lowest BCUT2D eigenvalue weighted by atomic mass is 10.1. The van der Waals surface area contributed by atoms with E-state index < -0.39 is 10.8 Å². The number of halogens is 1. The fourth-order valence-corrected chi connectivity index (χ4v) is 4.03. The molecule has 176 valence electrons. The Morgan fingerprint density at radius 1 is 1.15 bits per heavy atom. The number of hydrazone groups is 1. The lowest BCUT2D eigenvalue weighted by Gasteiger charge is -2.15. The van der Waals surface area contributed by atoms with Gasteiger partial charge < -0.3 is 9.47 Å². The highest BCUT2D eigenvalue weighted by atomic mass is 127. The van der Waals surface area contributed by atoms with Crippen molar-refractivity contribution < 1.29 is 19.2 Å². The number of carbonyl (C=O) groups excluding carboxylic acids is 1. The van der Waals surface area contributed by atoms with Crippen LogP contribution in [-0.4, -0.2) is 23.7 Å². The Morgan fingerprint density at radius 2 is 1.94 bits per heavy atom. The topological polar surface area (TPSA) is 103 Å². The Bertz CT molecular complexity index is 1210. The number of nitrogens with one attached hydrogen (secondary N) is 1. The van der Waals surface area contributed by atoms with Crippen LogP contribution < -0.4 is 14.9 Å². The molecule has 0 saturated heterocycles. The summed E-state index contributed by atoms with van der Waals surface area (Å²) in [5.41, 5.74) is 5.57. The molecule has 0 bridgehead atoms. The van der Waals surface area contributed by atoms with E-state index in [0.29, 0.717) is 35.8 Å². The molecule has 3 aromatic rings. The molecule has 0 aliphatic carbocycles. The van der Waals surface area contributed by atoms with Crippen LogP contribution >= 0.6 is 22.6 Å². The first kappa shape index (κ1) is 25.2. The number of hydrogen-bond donors (Lipinski definition) is 1. The minimum atomic E-state index is -0.508. The highest BCUT2D eigenvalue weighted by Crippen LogP contribution is 2.34. The number of aryl methyl sites for hydroxylation is 1. The fourth-order valence-electron chi connectivity index (χ4n) is 3.25. The van der Waals surface area contributed by atoms with E-state index in [1.54, 1.807) is 24.3 Å². The number of amides is 1. The standard InChI is InChI=1S/C25H24IN3O5/c1-3-33-23-13-19(12-21(26)25(23)34-16-18-8-6-7-17(2)11-18)15-27-28-24(30)14-20-9-4-5-10-22(20)29(31)32/h4-13,15H,3,14,16H2,1-2H3,(H,28,30)/b27-15+. The van der Waals surface area contributed by atoms with Gasteiger partial charge in [0.15, 0.2) is 11.5 Å². The Kier molecular flexibility index (Phi) is 8.97. The molecule has 3 rings (SSSR count). The number of nitro groups is 1. The molecule has 0 fully saturated rings. The van der Waals surface area contributed by atoms with Gasteiger partial charge in [-0.3, -0.25) is 14.9 Å². The van der Waals surface area contributed by atoms with Crippen molar-refractivity contribution in [2.24, 2.45) is 5.10 Å². The maximum Gasteiger partial charge on any atom is 0.273 e. The van der Waals surface area contributed by atoms with Gasteiger partial charge in [0.1, 0.15) is 6.61 Å². The summed E-state index contributed by atoms with van der Waals surface area (Å²) >= 11 is 2.17. The van der Waals surface area contributed by atoms with Crippen molar-refractivity contribution in [1.29, 1.82) is 0 Å². The van der Waals surface area contributed by atoms with Gasteiger partial charge in [0.05, 0.1) is 27.7 Å². The predicted molar refractivity (Wildman–Crippen MR) is 138 cm³/mol. The molecule has 9 heteroatoms. The SMILES string of the molecule is CCOc1cc(/C=N/NC(=O)Cc2ccccc2[N+](=O)[O-])cc(I)c1OCc1cccc(C)c1. The second-order valence-corrected chi connectivity index (χ2v) is 8.56. The summed E-state index contributed by atoms with van der Waals surface area (Å²) in [6.07, 6.45) is 1.34. The van der Waals surface area contributed by atoms with Gasteiger partial charge in [-0.2, -0.15) is 5.10 Å². The van der Waals surface area contributed by atoms with Crippen LogP contribution in [0.3, 0.4) is 0 Å². The molecule has 1 amide bonds. The number of ether oxygens (including phenoxy) is 2. The third-order valence-corrected chi connectivity index (χ3v) is 5.54. The molecule has 0 unspecified atom stereocenters. The first-order chi connectivity index (χ1) is 16.4. The lowest BCUT2D eigenvalue weighted by Crippen LogP contribution is -2.20. The summed E-state index contributed by atoms with van der Waals surface area (Å²) in [7, 11) is 0. The summed E-state index contributed by atoms with van der Waals surface area (Å²) in [5, 5.41) is 15.1. The average Bonchev–Trinajstić information content (AvgIpc) is 2.79. The van der Waals surface area contributed by atoms with Crippen LogP contribution in [0, 0.1) is 20.6 Å². The van der Waals surface area contributed by atoms with Crippen molar-refractivity contribution in [3.05, 3.63) is 96.6 Å². The van der Waals surface area contributed by atoms with Crippen molar-refractivity contribution in [1.82, 2.24) is 5.43 Å². The second kappa shape index (κ2) is 12.1. The molecular weight excluding hydrogens is 549 g/mol. The van der Waals surface area contributed by atoms with Gasteiger partial charge in [-0.05, 0) is 59.7 Å². The predicted octanol–water partition coefficient (Wildman–Crippen LogP) is 5.18. The minimum absolute atomic E-state index is 0.0983. The van der Waals surface area contributed by atoms with Crippen molar-refractivity contribution in [3.8, 4) is 11.5 Å². The van der Waals surface area contributed by atoms with E-state index in [1.807, 2.05) is 38.1 Å². The summed E-state index contributed by atoms with van der Waals surface area (Å²) in [6.45, 7) is 4.80. The number of para-hydroxylation sites is 1. The van der Waals surface area contributed by atoms with Crippen LogP contribution in [-0.2, 0) is 17.8 Å². The quantitative estimate of drug-likeness (QED) is 0.156. The Morgan fingerprint density at radius 3 is 2.68 bits per heavy atom. The van der Waals surface area contributed by atoms with Gasteiger partial charge >= 0.3 is 0 Å². The molecule has 1 N–H and O–H groups in total. The van der Waals surface area contributed by atoms with Gasteiger partial charge in [-0.1, -0.05) is 48.0 Å². The molecule has 8 nitrogen and oxygen atoms in total. The second-order valence-electron chi connectivity index (χ2n) is 7.40. The number of nitrogens with zero attached hydrogens (tertiary/aromatic N) is 2. The number of hydrogen-bond acceptors (Lipinski definition) is 6. The minimum Gasteiger partial charge on any atom is -0.490 e. The van der Waals surface area contributed by atoms with Gasteiger partial charge in [0, 0.05) is 11.6 Å². The van der Waals surface area contributed by atoms with Crippen LogP contribution in [0.25, 0.3) is 0 Å². The summed E-state index contributed by atoms with van der Waals surface area (Å²) in [6, 6.07) is 17.9. The van der Waals surface area contributed by atoms with Gasteiger partial charge in [-0.25, -0.2) is 5.43 Å². The smallest absolute Gasteiger partial charge is 0.273 e. The van der Waals surface area contributed by atoms with Crippen LogP contribution in [0.4, 0.5) is 5.69 Å². The monoisotopic (exact) mass is 573 g/mol. The van der Waals surface area contributed by atoms with Crippen LogP contribution in [0.5, 0.6) is 11.5 Å². The average molecular weight is 573 g/mol. The molecule has 0 saturated carbocycles. The number of carbonyl (C=O) groups is 1. The molecule has 0 aliphatic rings. The lowest BCUT2D eigenvalue weighted by molar-refractivity contribution is -0.385. The van der Waals surface area contributed by atoms with Crippen molar-refractivity contribution in [2.45, 2.75) is 26.9 Å². The maximum atomic E-state index is 12.2. The normalized spacial score (nSPS) is 10.8. The van der Waals surface area contributed by atoms with Crippen LogP contribution in [0.1, 0.15) is 29.2 Å². The Hall–Kier alpha value is -3.47. The number of benzene rings is 3. The third kappa shape index (κ3) is 7.01. The summed E-state index contributed by atoms with van der Waals surface area (Å²) in [4.78, 5) is 22.8. The molecule has 0 spiro atoms. The van der Waals surface area contributed by atoms with E-state index in [9.17, 15) is 14.9 Å². The molecule has 0 heterocycles. The largest absolute Gasteiger partial charge is 0.490 e. The first-order valence-electron chi connectivity index (χ1n) is 10.6. The van der Waals surface area contributed by atoms with Crippen molar-refractivity contribution in [2.75, 3.05) is 6.61 Å². The third-order valence-electron chi connectivity index (χ3n) is 4.74. The Labute approximate surface area is 211 Å². The zero-order valence-electron chi connectivity index (χ0n) is 18.8. The van der Waals surface area contributed by atoms with E-state index in [2.05, 4.69) is 39.2 Å². The molecule has 0 radical (unpaired) electrons. The molecule has 34 heavy (non-hydrogen) atoms. The van der Waals surface area contributed by atoms with Crippen LogP contribution in [0.2, 0.25) is 0 Å². The number of nitro benzene ring substituents is 1. The van der Waals surface area contributed by atoms with Crippen molar-refractivity contribution >= 4 is 40.4 Å². The first-order valence-corrected chi connectivity index (χ1v) is 11.6. The van der Waals surface area contributed by atoms with Gasteiger partial charge in [0.25, 0.3) is 5.69 Å². The molecule has 0 atom stereocenters. The highest BCUT2D eigenvalue weighted by molar-refractivity contribution is 14.1. The van der Waals surface area contributed by atoms with E-state index in [4.69, 9.17) is 9.47 Å². The molecule has 3 aromatic carbocycles. The van der Waals surface area contributed by atoms with Crippen molar-refractivity contribution in [3.63, 3.8) is 0 Å². The molecular formula is C25H24IN3O5.